The third-order valence-electron chi connectivity index (χ3n) is 4.18. The van der Waals surface area contributed by atoms with Gasteiger partial charge in [-0.2, -0.15) is 0 Å². The Bertz CT molecular complexity index is 454. The van der Waals surface area contributed by atoms with Gasteiger partial charge in [-0.15, -0.1) is 0 Å². The normalized spacial score (nSPS) is 21.2. The summed E-state index contributed by atoms with van der Waals surface area (Å²) in [5, 5.41) is 3.74. The molecule has 0 bridgehead atoms. The monoisotopic (exact) mass is 274 g/mol. The van der Waals surface area contributed by atoms with Crippen LogP contribution in [0.2, 0.25) is 0 Å². The lowest BCUT2D eigenvalue weighted by Crippen LogP contribution is -2.43. The minimum absolute atomic E-state index is 0.0157. The summed E-state index contributed by atoms with van der Waals surface area (Å²) in [5.74, 6) is 2.03. The predicted molar refractivity (Wildman–Crippen MR) is 82.1 cm³/mol. The Morgan fingerprint density at radius 1 is 1.10 bits per heavy atom. The van der Waals surface area contributed by atoms with Crippen LogP contribution in [0.5, 0.6) is 0 Å². The van der Waals surface area contributed by atoms with E-state index in [0.717, 1.165) is 30.8 Å². The van der Waals surface area contributed by atoms with E-state index in [0.29, 0.717) is 6.04 Å². The summed E-state index contributed by atoms with van der Waals surface area (Å²) in [6.45, 7) is 8.70. The molecule has 1 aromatic heterocycles. The highest BCUT2D eigenvalue weighted by molar-refractivity contribution is 5.38. The first-order valence-electron chi connectivity index (χ1n) is 7.87. The van der Waals surface area contributed by atoms with Crippen LogP contribution >= 0.6 is 0 Å². The van der Waals surface area contributed by atoms with Gasteiger partial charge in [-0.3, -0.25) is 0 Å². The summed E-state index contributed by atoms with van der Waals surface area (Å²) in [6.07, 6.45) is 7.11. The van der Waals surface area contributed by atoms with Gasteiger partial charge in [0, 0.05) is 36.8 Å². The molecule has 0 atom stereocenters. The first kappa shape index (κ1) is 13.8. The average molecular weight is 274 g/mol. The fourth-order valence-corrected chi connectivity index (χ4v) is 2.75. The first-order valence-corrected chi connectivity index (χ1v) is 7.87. The largest absolute Gasteiger partial charge is 0.356 e. The topological polar surface area (TPSA) is 41.1 Å². The average Bonchev–Trinajstić information content (AvgIpc) is 3.23. The standard InChI is InChI=1S/C16H26N4/c1-16(2,3)15-17-9-6-14(19-15)20-10-7-13(8-11-20)18-12-4-5-12/h6,9,12-13,18H,4-5,7-8,10-11H2,1-3H3. The Morgan fingerprint density at radius 2 is 1.75 bits per heavy atom. The van der Waals surface area contributed by atoms with Gasteiger partial charge >= 0.3 is 0 Å². The Kier molecular flexibility index (Phi) is 3.67. The van der Waals surface area contributed by atoms with Crippen LogP contribution in [0.4, 0.5) is 5.82 Å². The number of nitrogens with zero attached hydrogens (tertiary/aromatic N) is 3. The quantitative estimate of drug-likeness (QED) is 0.919. The second-order valence-corrected chi connectivity index (χ2v) is 7.19. The van der Waals surface area contributed by atoms with Crippen molar-refractivity contribution in [2.45, 2.75) is 64.0 Å². The molecule has 0 amide bonds. The molecule has 1 aliphatic heterocycles. The van der Waals surface area contributed by atoms with Crippen molar-refractivity contribution < 1.29 is 0 Å². The Hall–Kier alpha value is -1.16. The molecular formula is C16H26N4. The van der Waals surface area contributed by atoms with Crippen molar-refractivity contribution in [2.24, 2.45) is 0 Å². The van der Waals surface area contributed by atoms with Crippen LogP contribution in [0.25, 0.3) is 0 Å². The van der Waals surface area contributed by atoms with E-state index in [1.165, 1.54) is 25.7 Å². The number of piperidine rings is 1. The molecule has 0 radical (unpaired) electrons. The zero-order valence-electron chi connectivity index (χ0n) is 12.9. The molecule has 2 fully saturated rings. The third-order valence-corrected chi connectivity index (χ3v) is 4.18. The Balaban J connectivity index is 1.62. The van der Waals surface area contributed by atoms with Gasteiger partial charge in [0.2, 0.25) is 0 Å². The summed E-state index contributed by atoms with van der Waals surface area (Å²) in [5.41, 5.74) is 0.0157. The van der Waals surface area contributed by atoms with E-state index >= 15 is 0 Å². The molecule has 2 aliphatic rings. The van der Waals surface area contributed by atoms with Crippen LogP contribution in [0.3, 0.4) is 0 Å². The molecule has 110 valence electrons. The van der Waals surface area contributed by atoms with Crippen LogP contribution in [-0.2, 0) is 5.41 Å². The highest BCUT2D eigenvalue weighted by Gasteiger charge is 2.27. The fourth-order valence-electron chi connectivity index (χ4n) is 2.75. The maximum Gasteiger partial charge on any atom is 0.135 e. The number of anilines is 1. The van der Waals surface area contributed by atoms with Crippen molar-refractivity contribution in [3.63, 3.8) is 0 Å². The fraction of sp³-hybridized carbons (Fsp3) is 0.750. The van der Waals surface area contributed by atoms with Gasteiger partial charge in [0.15, 0.2) is 0 Å². The van der Waals surface area contributed by atoms with Crippen LogP contribution < -0.4 is 10.2 Å². The van der Waals surface area contributed by atoms with Crippen molar-refractivity contribution in [3.8, 4) is 0 Å². The van der Waals surface area contributed by atoms with Crippen molar-refractivity contribution in [3.05, 3.63) is 18.1 Å². The number of nitrogens with one attached hydrogen (secondary N) is 1. The van der Waals surface area contributed by atoms with Gasteiger partial charge in [-0.05, 0) is 31.7 Å². The molecule has 1 aromatic rings. The zero-order valence-corrected chi connectivity index (χ0v) is 12.9. The molecule has 4 heteroatoms. The van der Waals surface area contributed by atoms with Gasteiger partial charge in [0.05, 0.1) is 0 Å². The summed E-state index contributed by atoms with van der Waals surface area (Å²) in [4.78, 5) is 11.6. The molecule has 3 rings (SSSR count). The number of hydrogen-bond donors (Lipinski definition) is 1. The summed E-state index contributed by atoms with van der Waals surface area (Å²) < 4.78 is 0. The van der Waals surface area contributed by atoms with Crippen LogP contribution in [-0.4, -0.2) is 35.1 Å². The van der Waals surface area contributed by atoms with Crippen molar-refractivity contribution >= 4 is 5.82 Å². The Morgan fingerprint density at radius 3 is 2.35 bits per heavy atom. The smallest absolute Gasteiger partial charge is 0.135 e. The maximum absolute atomic E-state index is 4.76. The molecule has 20 heavy (non-hydrogen) atoms. The summed E-state index contributed by atoms with van der Waals surface area (Å²) in [7, 11) is 0. The lowest BCUT2D eigenvalue weighted by atomic mass is 9.96. The van der Waals surface area contributed by atoms with Gasteiger partial charge in [-0.1, -0.05) is 20.8 Å². The van der Waals surface area contributed by atoms with Crippen molar-refractivity contribution in [1.29, 1.82) is 0 Å². The molecule has 0 aromatic carbocycles. The van der Waals surface area contributed by atoms with Crippen molar-refractivity contribution in [1.82, 2.24) is 15.3 Å². The molecule has 4 nitrogen and oxygen atoms in total. The molecule has 0 spiro atoms. The van der Waals surface area contributed by atoms with E-state index in [4.69, 9.17) is 4.98 Å². The molecule has 1 saturated carbocycles. The maximum atomic E-state index is 4.76. The SMILES string of the molecule is CC(C)(C)c1nccc(N2CCC(NC3CC3)CC2)n1. The van der Waals surface area contributed by atoms with Gasteiger partial charge in [0.1, 0.15) is 11.6 Å². The van der Waals surface area contributed by atoms with E-state index in [2.05, 4.69) is 36.0 Å². The van der Waals surface area contributed by atoms with Gasteiger partial charge in [0.25, 0.3) is 0 Å². The van der Waals surface area contributed by atoms with E-state index in [1.807, 2.05) is 12.3 Å². The number of hydrogen-bond acceptors (Lipinski definition) is 4. The minimum atomic E-state index is 0.0157. The second kappa shape index (κ2) is 5.32. The van der Waals surface area contributed by atoms with E-state index in [1.54, 1.807) is 0 Å². The zero-order chi connectivity index (χ0) is 14.2. The molecule has 1 N–H and O–H groups in total. The van der Waals surface area contributed by atoms with Crippen LogP contribution in [0.1, 0.15) is 52.3 Å². The summed E-state index contributed by atoms with van der Waals surface area (Å²) in [6, 6.07) is 3.57. The molecule has 0 unspecified atom stereocenters. The molecular weight excluding hydrogens is 248 g/mol. The van der Waals surface area contributed by atoms with Crippen LogP contribution in [0.15, 0.2) is 12.3 Å². The highest BCUT2D eigenvalue weighted by atomic mass is 15.2. The molecule has 2 heterocycles. The Labute approximate surface area is 122 Å². The number of rotatable bonds is 3. The van der Waals surface area contributed by atoms with Crippen molar-refractivity contribution in [2.75, 3.05) is 18.0 Å². The second-order valence-electron chi connectivity index (χ2n) is 7.19. The third kappa shape index (κ3) is 3.29. The van der Waals surface area contributed by atoms with Crippen LogP contribution in [0, 0.1) is 0 Å². The van der Waals surface area contributed by atoms with E-state index in [-0.39, 0.29) is 5.41 Å². The number of aromatic nitrogens is 2. The lowest BCUT2D eigenvalue weighted by Gasteiger charge is -2.33. The molecule has 1 aliphatic carbocycles. The summed E-state index contributed by atoms with van der Waals surface area (Å²) >= 11 is 0. The highest BCUT2D eigenvalue weighted by Crippen LogP contribution is 2.25. The predicted octanol–water partition coefficient (Wildman–Crippen LogP) is 2.49. The molecule has 1 saturated heterocycles. The van der Waals surface area contributed by atoms with E-state index < -0.39 is 0 Å². The first-order chi connectivity index (χ1) is 9.52. The van der Waals surface area contributed by atoms with Gasteiger partial charge < -0.3 is 10.2 Å². The van der Waals surface area contributed by atoms with Gasteiger partial charge in [-0.25, -0.2) is 9.97 Å². The van der Waals surface area contributed by atoms with E-state index in [9.17, 15) is 0 Å². The lowest BCUT2D eigenvalue weighted by molar-refractivity contribution is 0.410. The minimum Gasteiger partial charge on any atom is -0.356 e.